The van der Waals surface area contributed by atoms with Gasteiger partial charge in [0.15, 0.2) is 16.4 Å². The quantitative estimate of drug-likeness (QED) is 0.658. The highest BCUT2D eigenvalue weighted by Crippen LogP contribution is 2.41. The average Bonchev–Trinajstić information content (AvgIpc) is 3.54. The molecule has 5 rings (SSSR count). The van der Waals surface area contributed by atoms with E-state index in [1.165, 1.54) is 16.0 Å². The lowest BCUT2D eigenvalue weighted by atomic mass is 10.3. The maximum absolute atomic E-state index is 13.5. The first-order valence-electron chi connectivity index (χ1n) is 9.70. The van der Waals surface area contributed by atoms with E-state index in [0.717, 1.165) is 50.7 Å². The van der Waals surface area contributed by atoms with Crippen molar-refractivity contribution in [1.29, 1.82) is 0 Å². The maximum atomic E-state index is 13.5. The topological polar surface area (TPSA) is 93.0 Å². The summed E-state index contributed by atoms with van der Waals surface area (Å²) < 4.78 is 28.5. The molecule has 2 aromatic heterocycles. The van der Waals surface area contributed by atoms with Crippen LogP contribution in [0.1, 0.15) is 24.6 Å². The smallest absolute Gasteiger partial charge is 0.226 e. The van der Waals surface area contributed by atoms with Crippen molar-refractivity contribution in [1.82, 2.24) is 24.5 Å². The van der Waals surface area contributed by atoms with E-state index < -0.39 is 9.84 Å². The summed E-state index contributed by atoms with van der Waals surface area (Å²) in [5.41, 5.74) is 0.980. The summed E-state index contributed by atoms with van der Waals surface area (Å²) in [6, 6.07) is 8.48. The van der Waals surface area contributed by atoms with Gasteiger partial charge in [-0.15, -0.1) is 0 Å². The predicted octanol–water partition coefficient (Wildman–Crippen LogP) is 2.07. The molecule has 0 bridgehead atoms. The number of hydrogen-bond donors (Lipinski definition) is 1. The lowest BCUT2D eigenvalue weighted by Gasteiger charge is -2.28. The fourth-order valence-corrected chi connectivity index (χ4v) is 5.93. The van der Waals surface area contributed by atoms with Gasteiger partial charge in [0.05, 0.1) is 4.90 Å². The number of aromatic nitrogens is 4. The van der Waals surface area contributed by atoms with Crippen LogP contribution in [0.25, 0.3) is 11.0 Å². The molecule has 0 radical (unpaired) electrons. The van der Waals surface area contributed by atoms with Gasteiger partial charge < -0.3 is 10.2 Å². The number of rotatable bonds is 5. The summed E-state index contributed by atoms with van der Waals surface area (Å²) in [4.78, 5) is 12.0. The van der Waals surface area contributed by atoms with Crippen LogP contribution in [0, 0.1) is 0 Å². The first-order chi connectivity index (χ1) is 14.1. The van der Waals surface area contributed by atoms with Gasteiger partial charge >= 0.3 is 0 Å². The van der Waals surface area contributed by atoms with Crippen LogP contribution in [0.5, 0.6) is 0 Å². The Morgan fingerprint density at radius 1 is 1.07 bits per heavy atom. The van der Waals surface area contributed by atoms with Crippen molar-refractivity contribution >= 4 is 38.6 Å². The molecule has 1 aliphatic heterocycles. The van der Waals surface area contributed by atoms with Crippen molar-refractivity contribution < 1.29 is 8.42 Å². The molecule has 0 unspecified atom stereocenters. The second kappa shape index (κ2) is 7.26. The fraction of sp³-hybridized carbons (Fsp3) is 0.421. The fourth-order valence-electron chi connectivity index (χ4n) is 3.61. The molecule has 1 saturated heterocycles. The maximum Gasteiger partial charge on any atom is 0.226 e. The highest BCUT2D eigenvalue weighted by Gasteiger charge is 2.34. The molecule has 2 fully saturated rings. The summed E-state index contributed by atoms with van der Waals surface area (Å²) in [5, 5.41) is 8.11. The van der Waals surface area contributed by atoms with Crippen molar-refractivity contribution in [3.63, 3.8) is 0 Å². The van der Waals surface area contributed by atoms with E-state index in [9.17, 15) is 8.42 Å². The molecule has 1 N–H and O–H groups in total. The number of sulfone groups is 1. The number of hydrogen-bond acceptors (Lipinski definition) is 8. The van der Waals surface area contributed by atoms with Crippen LogP contribution in [-0.2, 0) is 9.84 Å². The van der Waals surface area contributed by atoms with Gasteiger partial charge in [-0.1, -0.05) is 18.2 Å². The predicted molar refractivity (Wildman–Crippen MR) is 113 cm³/mol. The van der Waals surface area contributed by atoms with Gasteiger partial charge in [-0.2, -0.15) is 9.19 Å². The van der Waals surface area contributed by atoms with E-state index in [0.29, 0.717) is 17.0 Å². The van der Waals surface area contributed by atoms with Crippen LogP contribution in [0.3, 0.4) is 0 Å². The molecule has 2 aliphatic rings. The SMILES string of the molecule is CSn1nc2c(N3CCNCC3)nc(C3CC3)nc2c1S(=O)(=O)c1ccccc1. The molecule has 1 saturated carbocycles. The summed E-state index contributed by atoms with van der Waals surface area (Å²) in [5.74, 6) is 1.79. The van der Waals surface area contributed by atoms with Crippen LogP contribution in [0.15, 0.2) is 40.3 Å². The van der Waals surface area contributed by atoms with E-state index in [1.54, 1.807) is 30.3 Å². The van der Waals surface area contributed by atoms with Gasteiger partial charge in [0.2, 0.25) is 9.84 Å². The zero-order chi connectivity index (χ0) is 20.0. The van der Waals surface area contributed by atoms with Crippen LogP contribution in [-0.4, -0.2) is 60.0 Å². The van der Waals surface area contributed by atoms with E-state index in [1.807, 2.05) is 6.26 Å². The molecule has 152 valence electrons. The number of piperazine rings is 1. The Hall–Kier alpha value is -2.17. The molecular formula is C19H22N6O2S2. The van der Waals surface area contributed by atoms with Crippen molar-refractivity contribution in [3.05, 3.63) is 36.2 Å². The Morgan fingerprint density at radius 3 is 2.45 bits per heavy atom. The molecule has 0 spiro atoms. The van der Waals surface area contributed by atoms with Gasteiger partial charge in [-0.3, -0.25) is 0 Å². The average molecular weight is 431 g/mol. The third kappa shape index (κ3) is 3.28. The highest BCUT2D eigenvalue weighted by molar-refractivity contribution is 7.98. The van der Waals surface area contributed by atoms with E-state index in [-0.39, 0.29) is 9.92 Å². The van der Waals surface area contributed by atoms with Crippen molar-refractivity contribution in [2.45, 2.75) is 28.7 Å². The molecule has 1 aliphatic carbocycles. The minimum absolute atomic E-state index is 0.131. The standard InChI is InChI=1S/C19H22N6O2S2/c1-28-25-19(29(26,27)14-5-3-2-4-6-14)16-15(23-25)18(24-11-9-20-10-12-24)22-17(21-16)13-7-8-13/h2-6,13,20H,7-12H2,1H3. The first kappa shape index (κ1) is 18.8. The second-order valence-corrected chi connectivity index (χ2v) is 9.87. The summed E-state index contributed by atoms with van der Waals surface area (Å²) in [7, 11) is -3.78. The Morgan fingerprint density at radius 2 is 1.79 bits per heavy atom. The number of fused-ring (bicyclic) bond motifs is 1. The molecule has 3 aromatic rings. The van der Waals surface area contributed by atoms with Gasteiger partial charge in [-0.25, -0.2) is 18.4 Å². The third-order valence-corrected chi connectivity index (χ3v) is 7.78. The van der Waals surface area contributed by atoms with Gasteiger partial charge in [0, 0.05) is 38.4 Å². The third-order valence-electron chi connectivity index (χ3n) is 5.29. The van der Waals surface area contributed by atoms with Gasteiger partial charge in [-0.05, 0) is 36.9 Å². The van der Waals surface area contributed by atoms with E-state index >= 15 is 0 Å². The molecule has 10 heteroatoms. The minimum Gasteiger partial charge on any atom is -0.352 e. The Bertz CT molecular complexity index is 1150. The Labute approximate surface area is 173 Å². The normalized spacial score (nSPS) is 17.8. The molecular weight excluding hydrogens is 408 g/mol. The Kier molecular flexibility index (Phi) is 4.72. The lowest BCUT2D eigenvalue weighted by Crippen LogP contribution is -2.44. The minimum atomic E-state index is -3.78. The number of anilines is 1. The number of nitrogens with zero attached hydrogens (tertiary/aromatic N) is 5. The van der Waals surface area contributed by atoms with Crippen molar-refractivity contribution in [3.8, 4) is 0 Å². The number of benzene rings is 1. The molecule has 1 aromatic carbocycles. The van der Waals surface area contributed by atoms with E-state index in [2.05, 4.69) is 15.3 Å². The number of nitrogens with one attached hydrogen (secondary N) is 1. The van der Waals surface area contributed by atoms with Crippen LogP contribution >= 0.6 is 11.9 Å². The molecule has 0 amide bonds. The van der Waals surface area contributed by atoms with Gasteiger partial charge in [0.25, 0.3) is 0 Å². The zero-order valence-corrected chi connectivity index (χ0v) is 17.7. The first-order valence-corrected chi connectivity index (χ1v) is 12.4. The van der Waals surface area contributed by atoms with E-state index in [4.69, 9.17) is 9.97 Å². The summed E-state index contributed by atoms with van der Waals surface area (Å²) in [6.45, 7) is 3.34. The van der Waals surface area contributed by atoms with Crippen molar-refractivity contribution in [2.75, 3.05) is 37.3 Å². The molecule has 0 atom stereocenters. The molecule has 8 nitrogen and oxygen atoms in total. The van der Waals surface area contributed by atoms with Crippen molar-refractivity contribution in [2.24, 2.45) is 0 Å². The summed E-state index contributed by atoms with van der Waals surface area (Å²) >= 11 is 1.26. The van der Waals surface area contributed by atoms with Crippen LogP contribution in [0.4, 0.5) is 5.82 Å². The molecule has 29 heavy (non-hydrogen) atoms. The second-order valence-electron chi connectivity index (χ2n) is 7.29. The highest BCUT2D eigenvalue weighted by atomic mass is 32.2. The van der Waals surface area contributed by atoms with Crippen LogP contribution in [0.2, 0.25) is 0 Å². The summed E-state index contributed by atoms with van der Waals surface area (Å²) in [6.07, 6.45) is 3.91. The zero-order valence-electron chi connectivity index (χ0n) is 16.1. The lowest BCUT2D eigenvalue weighted by molar-refractivity contribution is 0.584. The largest absolute Gasteiger partial charge is 0.352 e. The monoisotopic (exact) mass is 430 g/mol. The Balaban J connectivity index is 1.77. The van der Waals surface area contributed by atoms with Crippen LogP contribution < -0.4 is 10.2 Å². The molecule has 3 heterocycles. The van der Waals surface area contributed by atoms with Gasteiger partial charge in [0.1, 0.15) is 11.3 Å².